The smallest absolute Gasteiger partial charge is 0.312 e. The monoisotopic (exact) mass is 687 g/mol. The molecule has 15 heteroatoms. The topological polar surface area (TPSA) is 246 Å². The molecular formula is C34H41NO14. The summed E-state index contributed by atoms with van der Waals surface area (Å²) >= 11 is 0. The number of hydrogen-bond acceptors (Lipinski definition) is 14. The van der Waals surface area contributed by atoms with Crippen molar-refractivity contribution in [3.8, 4) is 11.5 Å². The summed E-state index contributed by atoms with van der Waals surface area (Å²) in [7, 11) is 0. The minimum absolute atomic E-state index is 0.0165. The number of carbonyl (C=O) groups excluding carboxylic acids is 5. The number of allylic oxidation sites excluding steroid dienone is 3. The van der Waals surface area contributed by atoms with Crippen molar-refractivity contribution in [1.82, 2.24) is 5.32 Å². The number of rotatable bonds is 2. The van der Waals surface area contributed by atoms with Crippen LogP contribution < -0.4 is 10.1 Å². The molecule has 3 aliphatic heterocycles. The van der Waals surface area contributed by atoms with Crippen LogP contribution >= 0.6 is 0 Å². The Morgan fingerprint density at radius 2 is 1.67 bits per heavy atom. The molecule has 1 aromatic rings. The van der Waals surface area contributed by atoms with Gasteiger partial charge in [-0.05, 0) is 19.4 Å². The first-order chi connectivity index (χ1) is 22.9. The van der Waals surface area contributed by atoms with Crippen molar-refractivity contribution in [2.24, 2.45) is 17.8 Å². The minimum Gasteiger partial charge on any atom is -0.507 e. The van der Waals surface area contributed by atoms with Gasteiger partial charge in [-0.3, -0.25) is 24.0 Å². The molecule has 0 saturated carbocycles. The number of amides is 1. The maximum absolute atomic E-state index is 13.7. The molecule has 1 amide bonds. The highest BCUT2D eigenvalue weighted by Gasteiger charge is 2.50. The van der Waals surface area contributed by atoms with Gasteiger partial charge >= 0.3 is 11.8 Å². The SMILES string of the molecule is CC(=O)OC1CC(O)C(O)C(O)C(O)/C=C/CC(C)C(=O)NC2=CC(=O)c3c4c(cc(O)c3C2O)OC(C)(O/C=C/C(C(C)=O)C1C)C4=O. The molecule has 1 aliphatic carbocycles. The lowest BCUT2D eigenvalue weighted by Gasteiger charge is -2.32. The highest BCUT2D eigenvalue weighted by molar-refractivity contribution is 6.19. The van der Waals surface area contributed by atoms with Gasteiger partial charge in [-0.1, -0.05) is 26.0 Å². The lowest BCUT2D eigenvalue weighted by atomic mass is 9.83. The Hall–Kier alpha value is -4.41. The van der Waals surface area contributed by atoms with E-state index in [0.717, 1.165) is 31.4 Å². The summed E-state index contributed by atoms with van der Waals surface area (Å²) in [6.45, 7) is 6.61. The molecule has 5 rings (SSSR count). The second-order valence-electron chi connectivity index (χ2n) is 12.7. The number of ketones is 3. The lowest BCUT2D eigenvalue weighted by Crippen LogP contribution is -2.46. The molecule has 0 fully saturated rings. The van der Waals surface area contributed by atoms with E-state index in [9.17, 15) is 54.6 Å². The molecule has 15 nitrogen and oxygen atoms in total. The van der Waals surface area contributed by atoms with Crippen molar-refractivity contribution in [3.63, 3.8) is 0 Å². The van der Waals surface area contributed by atoms with Crippen LogP contribution in [0.1, 0.15) is 79.8 Å². The number of aliphatic hydroxyl groups is 5. The zero-order valence-electron chi connectivity index (χ0n) is 27.5. The van der Waals surface area contributed by atoms with E-state index in [4.69, 9.17) is 14.2 Å². The van der Waals surface area contributed by atoms with Gasteiger partial charge in [-0.15, -0.1) is 0 Å². The largest absolute Gasteiger partial charge is 0.507 e. The number of benzene rings is 1. The Morgan fingerprint density at radius 1 is 1.00 bits per heavy atom. The Labute approximate surface area is 281 Å². The predicted molar refractivity (Wildman–Crippen MR) is 168 cm³/mol. The number of fused-ring (bicyclic) bond motifs is 15. The van der Waals surface area contributed by atoms with Crippen molar-refractivity contribution >= 4 is 29.2 Å². The first-order valence-electron chi connectivity index (χ1n) is 15.7. The first kappa shape index (κ1) is 37.4. The van der Waals surface area contributed by atoms with Gasteiger partial charge in [0.05, 0.1) is 23.6 Å². The van der Waals surface area contributed by atoms with Crippen LogP contribution in [0.5, 0.6) is 11.5 Å². The second kappa shape index (κ2) is 14.6. The number of nitrogens with one attached hydrogen (secondary N) is 1. The number of ether oxygens (including phenoxy) is 3. The molecule has 0 radical (unpaired) electrons. The summed E-state index contributed by atoms with van der Waals surface area (Å²) in [6.07, 6.45) is -5.06. The fraction of sp³-hybridized carbons (Fsp3) is 0.500. The summed E-state index contributed by atoms with van der Waals surface area (Å²) in [4.78, 5) is 64.8. The van der Waals surface area contributed by atoms with Crippen molar-refractivity contribution in [2.45, 2.75) is 89.9 Å². The van der Waals surface area contributed by atoms with Crippen LogP contribution in [-0.2, 0) is 23.9 Å². The summed E-state index contributed by atoms with van der Waals surface area (Å²) in [5, 5.41) is 66.9. The molecule has 49 heavy (non-hydrogen) atoms. The number of aliphatic hydroxyl groups excluding tert-OH is 5. The van der Waals surface area contributed by atoms with Gasteiger partial charge in [0.25, 0.3) is 5.78 Å². The van der Waals surface area contributed by atoms with Crippen molar-refractivity contribution in [1.29, 1.82) is 0 Å². The van der Waals surface area contributed by atoms with Crippen LogP contribution in [0.2, 0.25) is 0 Å². The lowest BCUT2D eigenvalue weighted by molar-refractivity contribution is -0.156. The third-order valence-corrected chi connectivity index (χ3v) is 8.98. The van der Waals surface area contributed by atoms with E-state index in [1.54, 1.807) is 0 Å². The Morgan fingerprint density at radius 3 is 2.31 bits per heavy atom. The molecule has 7 N–H and O–H groups in total. The van der Waals surface area contributed by atoms with Gasteiger partial charge in [-0.25, -0.2) is 0 Å². The molecule has 5 bridgehead atoms. The molecular weight excluding hydrogens is 646 g/mol. The van der Waals surface area contributed by atoms with Crippen LogP contribution in [0.15, 0.2) is 42.3 Å². The summed E-state index contributed by atoms with van der Waals surface area (Å²) in [5.41, 5.74) is -1.22. The molecule has 4 aliphatic rings. The number of phenols is 1. The van der Waals surface area contributed by atoms with Gasteiger partial charge in [-0.2, -0.15) is 0 Å². The van der Waals surface area contributed by atoms with Gasteiger partial charge in [0.15, 0.2) is 5.78 Å². The van der Waals surface area contributed by atoms with E-state index in [1.807, 2.05) is 0 Å². The van der Waals surface area contributed by atoms with E-state index in [0.29, 0.717) is 0 Å². The third kappa shape index (κ3) is 7.60. The maximum Gasteiger partial charge on any atom is 0.312 e. The Kier molecular flexibility index (Phi) is 11.1. The molecule has 266 valence electrons. The second-order valence-corrected chi connectivity index (χ2v) is 12.7. The number of hydrogen-bond donors (Lipinski definition) is 7. The van der Waals surface area contributed by atoms with Gasteiger partial charge < -0.3 is 50.2 Å². The van der Waals surface area contributed by atoms with E-state index < -0.39 is 102 Å². The molecule has 10 unspecified atom stereocenters. The van der Waals surface area contributed by atoms with E-state index in [-0.39, 0.29) is 34.6 Å². The van der Waals surface area contributed by atoms with Crippen LogP contribution in [0.4, 0.5) is 0 Å². The third-order valence-electron chi connectivity index (χ3n) is 8.98. The van der Waals surface area contributed by atoms with Gasteiger partial charge in [0, 0.05) is 61.3 Å². The normalized spacial score (nSPS) is 35.3. The quantitative estimate of drug-likeness (QED) is 0.167. The highest BCUT2D eigenvalue weighted by Crippen LogP contribution is 2.47. The zero-order chi connectivity index (χ0) is 36.5. The van der Waals surface area contributed by atoms with Crippen LogP contribution in [-0.4, -0.2) is 96.2 Å². The number of phenolic OH excluding ortho intramolecular Hbond substituents is 1. The highest BCUT2D eigenvalue weighted by atomic mass is 16.7. The Balaban J connectivity index is 1.77. The zero-order valence-corrected chi connectivity index (χ0v) is 27.5. The summed E-state index contributed by atoms with van der Waals surface area (Å²) < 4.78 is 16.8. The first-order valence-corrected chi connectivity index (χ1v) is 15.7. The average molecular weight is 688 g/mol. The standard InChI is InChI=1S/C34H41NO14/c1-14-7-6-8-20(38)30(43)31(44)23(41)13-24(48-17(4)37)15(2)18(16(3)36)9-10-47-34(5)32(45)28-25(49-34)12-22(40)27-26(28)21(39)11-19(29(27)42)35-33(14)46/h6,8-12,14-15,18,20,23-24,29-31,38,40-44H,7,13H2,1-5H3,(H,35,46)/b8-6+,10-9+. The fourth-order valence-corrected chi connectivity index (χ4v) is 6.08. The minimum atomic E-state index is -2.10. The Bertz CT molecular complexity index is 1610. The summed E-state index contributed by atoms with van der Waals surface area (Å²) in [6, 6.07) is 1.03. The van der Waals surface area contributed by atoms with Crippen molar-refractivity contribution < 1.29 is 68.8 Å². The number of Topliss-reactive ketones (excluding diaryl/α,β-unsaturated/α-hetero) is 2. The van der Waals surface area contributed by atoms with E-state index >= 15 is 0 Å². The molecule has 0 aromatic heterocycles. The molecule has 0 saturated heterocycles. The number of esters is 1. The summed E-state index contributed by atoms with van der Waals surface area (Å²) in [5.74, 6) is -9.16. The van der Waals surface area contributed by atoms with E-state index in [2.05, 4.69) is 5.32 Å². The van der Waals surface area contributed by atoms with Crippen LogP contribution in [0, 0.1) is 17.8 Å². The van der Waals surface area contributed by atoms with Crippen molar-refractivity contribution in [3.05, 3.63) is 59.0 Å². The molecule has 10 atom stereocenters. The van der Waals surface area contributed by atoms with E-state index in [1.165, 1.54) is 39.8 Å². The molecule has 1 aromatic carbocycles. The fourth-order valence-electron chi connectivity index (χ4n) is 6.08. The average Bonchev–Trinajstić information content (AvgIpc) is 3.27. The predicted octanol–water partition coefficient (Wildman–Crippen LogP) is 0.646. The van der Waals surface area contributed by atoms with Crippen LogP contribution in [0.25, 0.3) is 0 Å². The number of aromatic hydroxyl groups is 1. The molecule has 0 spiro atoms. The maximum atomic E-state index is 13.7. The molecule has 3 heterocycles. The number of carbonyl (C=O) groups is 5. The van der Waals surface area contributed by atoms with Crippen LogP contribution in [0.3, 0.4) is 0 Å². The van der Waals surface area contributed by atoms with Crippen molar-refractivity contribution in [2.75, 3.05) is 0 Å². The van der Waals surface area contributed by atoms with Gasteiger partial charge in [0.2, 0.25) is 5.91 Å². The van der Waals surface area contributed by atoms with Gasteiger partial charge in [0.1, 0.15) is 47.8 Å².